The van der Waals surface area contributed by atoms with Gasteiger partial charge >= 0.3 is 0 Å². The molecule has 0 saturated carbocycles. The quantitative estimate of drug-likeness (QED) is 0.414. The second-order valence-corrected chi connectivity index (χ2v) is 9.31. The summed E-state index contributed by atoms with van der Waals surface area (Å²) in [5.74, 6) is 0.275. The van der Waals surface area contributed by atoms with Crippen molar-refractivity contribution in [1.82, 2.24) is 4.57 Å². The number of hydrogen-bond acceptors (Lipinski definition) is 6. The smallest absolute Gasteiger partial charge is 0.276 e. The molecule has 150 valence electrons. The third-order valence-electron chi connectivity index (χ3n) is 5.17. The topological polar surface area (TPSA) is 109 Å². The van der Waals surface area contributed by atoms with E-state index in [1.807, 2.05) is 11.5 Å². The minimum Gasteiger partial charge on any atom is -0.485 e. The van der Waals surface area contributed by atoms with Crippen LogP contribution < -0.4 is 4.74 Å². The van der Waals surface area contributed by atoms with Gasteiger partial charge < -0.3 is 9.30 Å². The van der Waals surface area contributed by atoms with Crippen LogP contribution >= 0.6 is 0 Å². The summed E-state index contributed by atoms with van der Waals surface area (Å²) < 4.78 is 31.1. The maximum Gasteiger partial charge on any atom is 0.276 e. The lowest BCUT2D eigenvalue weighted by atomic mass is 10.1. The fourth-order valence-electron chi connectivity index (χ4n) is 3.78. The number of sulfone groups is 1. The van der Waals surface area contributed by atoms with Crippen LogP contribution in [-0.4, -0.2) is 41.8 Å². The van der Waals surface area contributed by atoms with Crippen molar-refractivity contribution in [1.29, 1.82) is 0 Å². The molecule has 0 amide bonds. The third kappa shape index (κ3) is 3.80. The average Bonchev–Trinajstić information content (AvgIpc) is 3.11. The van der Waals surface area contributed by atoms with Crippen molar-refractivity contribution < 1.29 is 22.9 Å². The van der Waals surface area contributed by atoms with Gasteiger partial charge in [0.05, 0.1) is 22.0 Å². The highest BCUT2D eigenvalue weighted by Gasteiger charge is 2.31. The zero-order valence-corrected chi connectivity index (χ0v) is 16.8. The van der Waals surface area contributed by atoms with Gasteiger partial charge in [-0.25, -0.2) is 8.42 Å². The number of nitro benzene ring substituents is 1. The summed E-state index contributed by atoms with van der Waals surface area (Å²) >= 11 is 0. The van der Waals surface area contributed by atoms with Gasteiger partial charge in [-0.2, -0.15) is 0 Å². The number of Topliss-reactive ketones (excluding diaryl/α,β-unsaturated/α-hetero) is 1. The Morgan fingerprint density at radius 2 is 2.04 bits per heavy atom. The average molecular weight is 406 g/mol. The van der Waals surface area contributed by atoms with E-state index in [-0.39, 0.29) is 35.6 Å². The SMILES string of the molecule is Cc1c(OCC(=O)c2cc(C)n(C3CCS(=O)(=O)C3)c2C)cccc1[N+](=O)[O-]. The molecule has 1 aliphatic heterocycles. The summed E-state index contributed by atoms with van der Waals surface area (Å²) in [4.78, 5) is 23.2. The molecule has 0 aliphatic carbocycles. The van der Waals surface area contributed by atoms with Gasteiger partial charge in [0, 0.05) is 29.1 Å². The highest BCUT2D eigenvalue weighted by atomic mass is 32.2. The number of aromatic nitrogens is 1. The second-order valence-electron chi connectivity index (χ2n) is 7.08. The Bertz CT molecular complexity index is 1050. The Morgan fingerprint density at radius 3 is 2.64 bits per heavy atom. The molecule has 1 aromatic carbocycles. The Morgan fingerprint density at radius 1 is 1.32 bits per heavy atom. The first-order chi connectivity index (χ1) is 13.1. The Balaban J connectivity index is 1.78. The number of ether oxygens (including phenoxy) is 1. The van der Waals surface area contributed by atoms with Gasteiger partial charge in [-0.3, -0.25) is 14.9 Å². The van der Waals surface area contributed by atoms with Crippen LogP contribution in [0.15, 0.2) is 24.3 Å². The summed E-state index contributed by atoms with van der Waals surface area (Å²) in [6.07, 6.45) is 0.537. The Labute approximate surface area is 163 Å². The van der Waals surface area contributed by atoms with Crippen LogP contribution in [0.4, 0.5) is 5.69 Å². The Kier molecular flexibility index (Phi) is 5.29. The summed E-state index contributed by atoms with van der Waals surface area (Å²) in [7, 11) is -3.04. The van der Waals surface area contributed by atoms with E-state index in [1.54, 1.807) is 26.0 Å². The maximum absolute atomic E-state index is 12.7. The third-order valence-corrected chi connectivity index (χ3v) is 6.92. The lowest BCUT2D eigenvalue weighted by Crippen LogP contribution is -2.16. The molecular formula is C19H22N2O6S. The standard InChI is InChI=1S/C19H22N2O6S/c1-12-9-16(14(3)20(12)15-7-8-28(25,26)11-15)18(22)10-27-19-6-4-5-17(13(19)2)21(23)24/h4-6,9,15H,7-8,10-11H2,1-3H3. The fraction of sp³-hybridized carbons (Fsp3) is 0.421. The van der Waals surface area contributed by atoms with Crippen LogP contribution in [0.1, 0.15) is 39.8 Å². The van der Waals surface area contributed by atoms with Crippen LogP contribution in [0.2, 0.25) is 0 Å². The van der Waals surface area contributed by atoms with E-state index in [9.17, 15) is 23.3 Å². The lowest BCUT2D eigenvalue weighted by Gasteiger charge is -2.16. The van der Waals surface area contributed by atoms with E-state index in [0.717, 1.165) is 5.69 Å². The molecule has 2 heterocycles. The molecule has 0 spiro atoms. The number of carbonyl (C=O) groups excluding carboxylic acids is 1. The zero-order chi connectivity index (χ0) is 20.6. The molecule has 9 heteroatoms. The highest BCUT2D eigenvalue weighted by molar-refractivity contribution is 7.91. The van der Waals surface area contributed by atoms with Crippen LogP contribution in [0.3, 0.4) is 0 Å². The van der Waals surface area contributed by atoms with Crippen LogP contribution in [0, 0.1) is 30.9 Å². The Hall–Kier alpha value is -2.68. The fourth-order valence-corrected chi connectivity index (χ4v) is 5.48. The lowest BCUT2D eigenvalue weighted by molar-refractivity contribution is -0.385. The molecule has 0 bridgehead atoms. The summed E-state index contributed by atoms with van der Waals surface area (Å²) in [5, 5.41) is 11.0. The van der Waals surface area contributed by atoms with E-state index in [2.05, 4.69) is 0 Å². The summed E-state index contributed by atoms with van der Waals surface area (Å²) in [6.45, 7) is 4.96. The number of aryl methyl sites for hydroxylation is 1. The molecule has 0 N–H and O–H groups in total. The molecule has 1 aromatic heterocycles. The van der Waals surface area contributed by atoms with Crippen LogP contribution in [0.25, 0.3) is 0 Å². The predicted octanol–water partition coefficient (Wildman–Crippen LogP) is 2.94. The van der Waals surface area contributed by atoms with E-state index < -0.39 is 14.8 Å². The van der Waals surface area contributed by atoms with Gasteiger partial charge in [-0.15, -0.1) is 0 Å². The molecule has 28 heavy (non-hydrogen) atoms. The molecule has 1 unspecified atom stereocenters. The zero-order valence-electron chi connectivity index (χ0n) is 16.0. The van der Waals surface area contributed by atoms with Gasteiger partial charge in [-0.1, -0.05) is 6.07 Å². The minimum atomic E-state index is -3.04. The monoisotopic (exact) mass is 406 g/mol. The van der Waals surface area contributed by atoms with Crippen LogP contribution in [-0.2, 0) is 9.84 Å². The number of nitrogens with zero attached hydrogens (tertiary/aromatic N) is 2. The van der Waals surface area contributed by atoms with Gasteiger partial charge in [0.25, 0.3) is 5.69 Å². The molecule has 2 aromatic rings. The summed E-state index contributed by atoms with van der Waals surface area (Å²) in [6, 6.07) is 6.06. The molecule has 3 rings (SSSR count). The van der Waals surface area contributed by atoms with Gasteiger partial charge in [-0.05, 0) is 39.3 Å². The molecule has 1 atom stereocenters. The van der Waals surface area contributed by atoms with Crippen molar-refractivity contribution in [3.63, 3.8) is 0 Å². The highest BCUT2D eigenvalue weighted by Crippen LogP contribution is 2.30. The number of nitro groups is 1. The van der Waals surface area contributed by atoms with E-state index in [1.165, 1.54) is 12.1 Å². The van der Waals surface area contributed by atoms with E-state index >= 15 is 0 Å². The predicted molar refractivity (Wildman–Crippen MR) is 104 cm³/mol. The van der Waals surface area contributed by atoms with Gasteiger partial charge in [0.15, 0.2) is 16.4 Å². The molecule has 1 aliphatic rings. The molecule has 1 saturated heterocycles. The molecule has 1 fully saturated rings. The first-order valence-electron chi connectivity index (χ1n) is 8.89. The summed E-state index contributed by atoms with van der Waals surface area (Å²) in [5.41, 5.74) is 2.32. The molecule has 0 radical (unpaired) electrons. The van der Waals surface area contributed by atoms with Crippen molar-refractivity contribution in [3.05, 3.63) is 56.9 Å². The van der Waals surface area contributed by atoms with E-state index in [4.69, 9.17) is 4.74 Å². The number of ketones is 1. The first-order valence-corrected chi connectivity index (χ1v) is 10.7. The normalized spacial score (nSPS) is 18.2. The largest absolute Gasteiger partial charge is 0.485 e. The maximum atomic E-state index is 12.7. The van der Waals surface area contributed by atoms with Gasteiger partial charge in [0.1, 0.15) is 5.75 Å². The van der Waals surface area contributed by atoms with Crippen molar-refractivity contribution in [2.45, 2.75) is 33.2 Å². The number of hydrogen-bond donors (Lipinski definition) is 0. The van der Waals surface area contributed by atoms with Crippen molar-refractivity contribution in [2.75, 3.05) is 18.1 Å². The number of rotatable bonds is 6. The molecular weight excluding hydrogens is 384 g/mol. The van der Waals surface area contributed by atoms with Gasteiger partial charge in [0.2, 0.25) is 5.78 Å². The number of carbonyl (C=O) groups is 1. The number of benzene rings is 1. The molecule has 8 nitrogen and oxygen atoms in total. The minimum absolute atomic E-state index is 0.0643. The van der Waals surface area contributed by atoms with Crippen LogP contribution in [0.5, 0.6) is 5.75 Å². The van der Waals surface area contributed by atoms with E-state index in [0.29, 0.717) is 29.0 Å². The first kappa shape index (κ1) is 20.1. The van der Waals surface area contributed by atoms with Crippen molar-refractivity contribution in [3.8, 4) is 5.75 Å². The van der Waals surface area contributed by atoms with Crippen molar-refractivity contribution in [2.24, 2.45) is 0 Å². The second kappa shape index (κ2) is 7.38. The van der Waals surface area contributed by atoms with Crippen molar-refractivity contribution >= 4 is 21.3 Å².